The fraction of sp³-hybridized carbons (Fsp3) is 0. The van der Waals surface area contributed by atoms with Crippen LogP contribution in [0.3, 0.4) is 0 Å². The third-order valence-electron chi connectivity index (χ3n) is 3.36. The molecule has 244 valence electrons. The molecule has 0 amide bonds. The molecule has 0 heterocycles. The Kier molecular flexibility index (Phi) is 44.3. The van der Waals surface area contributed by atoms with Crippen molar-refractivity contribution < 1.29 is 0 Å². The van der Waals surface area contributed by atoms with Gasteiger partial charge in [0.15, 0.2) is 0 Å². The summed E-state index contributed by atoms with van der Waals surface area (Å²) in [6.45, 7) is -3.64. The summed E-state index contributed by atoms with van der Waals surface area (Å²) in [6.07, 6.45) is 0. The van der Waals surface area contributed by atoms with E-state index in [2.05, 4.69) is 170 Å². The minimum absolute atomic E-state index is 0.127. The van der Waals surface area contributed by atoms with Gasteiger partial charge in [0, 0.05) is 0 Å². The second-order valence-corrected chi connectivity index (χ2v) is 163. The van der Waals surface area contributed by atoms with E-state index in [0.29, 0.717) is 0 Å². The zero-order chi connectivity index (χ0) is 33.4. The molecule has 0 rings (SSSR count). The molecule has 41 heavy (non-hydrogen) atoms. The van der Waals surface area contributed by atoms with E-state index in [1.807, 2.05) is 5.43 Å². The first kappa shape index (κ1) is 55.9. The quantitative estimate of drug-likeness (QED) is 0.0764. The second kappa shape index (κ2) is 32.5. The number of thiol groups is 1. The van der Waals surface area contributed by atoms with Crippen molar-refractivity contribution in [1.82, 2.24) is 0 Å². The summed E-state index contributed by atoms with van der Waals surface area (Å²) in [4.78, 5) is 0. The van der Waals surface area contributed by atoms with Crippen molar-refractivity contribution in [2.75, 3.05) is 0 Å². The van der Waals surface area contributed by atoms with E-state index in [1.54, 1.807) is 0 Å². The SMILES string of the molecule is [3H]S(B=S)=PP(P(P(P(P)P)P(P)P)P(P(P)P)P(P)P)P(P(P(P)P)P(P)P)P(P(P)P(P)P)P(P(P)P)P(P)P. The first-order chi connectivity index (χ1) is 19.1. The normalized spacial score (nSPS) is 17.8. The van der Waals surface area contributed by atoms with Crippen molar-refractivity contribution >= 4 is 331 Å². The Labute approximate surface area is 327 Å². The van der Waals surface area contributed by atoms with Crippen LogP contribution in [0.5, 0.6) is 0 Å². The first-order valence-corrected chi connectivity index (χ1v) is 79.6. The topological polar surface area (TPSA) is 0 Å². The molecular weight excluding hydrogens is 1250 g/mol. The molecule has 0 aromatic carbocycles. The van der Waals surface area contributed by atoms with Gasteiger partial charge in [0.2, 0.25) is 0 Å². The Bertz CT molecular complexity index is 730. The van der Waals surface area contributed by atoms with E-state index in [9.17, 15) is 1.12 Å². The Morgan fingerprint density at radius 1 is 0.415 bits per heavy atom. The van der Waals surface area contributed by atoms with E-state index in [0.717, 1.165) is 0 Å². The van der Waals surface area contributed by atoms with Crippen molar-refractivity contribution in [3.05, 3.63) is 0 Å². The maximum atomic E-state index is 9.30. The van der Waals surface area contributed by atoms with Crippen LogP contribution in [-0.2, 0) is 10.7 Å². The summed E-state index contributed by atoms with van der Waals surface area (Å²) in [5, 5.41) is 0. The Morgan fingerprint density at radius 3 is 0.878 bits per heavy atom. The molecule has 24 atom stereocenters. The monoisotopic (exact) mass is 1290 g/mol. The van der Waals surface area contributed by atoms with E-state index in [1.165, 1.54) is 7.04 Å². The summed E-state index contributed by atoms with van der Waals surface area (Å²) in [6, 6.07) is 0. The zero-order valence-electron chi connectivity index (χ0n) is 21.9. The zero-order valence-corrected chi connectivity index (χ0v) is 61.4. The van der Waals surface area contributed by atoms with Gasteiger partial charge in [-0.1, -0.05) is 0 Å². The molecule has 0 aromatic heterocycles. The summed E-state index contributed by atoms with van der Waals surface area (Å²) < 4.78 is 9.30. The minimum atomic E-state index is -0.584. The predicted molar refractivity (Wildman–Crippen MR) is 338 cm³/mol. The molecule has 0 fully saturated rings. The Balaban J connectivity index is 8.45. The van der Waals surface area contributed by atoms with Crippen LogP contribution >= 0.6 is 315 Å². The molecule has 24 unspecified atom stereocenters. The third-order valence-corrected chi connectivity index (χ3v) is 267. The maximum absolute atomic E-state index is 9.30. The average molecular weight is 1290 g/mol. The van der Waals surface area contributed by atoms with Crippen LogP contribution in [0.25, 0.3) is 0 Å². The van der Waals surface area contributed by atoms with Gasteiger partial charge >= 0.3 is 332 Å². The van der Waals surface area contributed by atoms with Crippen LogP contribution in [0.4, 0.5) is 0 Å². The first-order valence-electron chi connectivity index (χ1n) is 9.57. The summed E-state index contributed by atoms with van der Waals surface area (Å²) in [7, 11) is 64.1. The molecule has 0 N–H and O–H groups in total. The Hall–Kier alpha value is 16.8. The summed E-state index contributed by atoms with van der Waals surface area (Å²) >= 11 is 5.57. The van der Waals surface area contributed by atoms with E-state index < -0.39 is 10.7 Å². The van der Waals surface area contributed by atoms with Crippen molar-refractivity contribution in [1.29, 1.82) is 1.12 Å². The van der Waals surface area contributed by atoms with Crippen LogP contribution in [0.2, 0.25) is 0 Å². The van der Waals surface area contributed by atoms with Gasteiger partial charge in [0.1, 0.15) is 0 Å². The van der Waals surface area contributed by atoms with E-state index in [-0.39, 0.29) is 126 Å². The van der Waals surface area contributed by atoms with Crippen molar-refractivity contribution in [3.8, 4) is 0 Å². The number of hydrogen-bond donors (Lipinski definition) is 1. The van der Waals surface area contributed by atoms with Crippen molar-refractivity contribution in [2.45, 2.75) is 0 Å². The molecule has 0 aliphatic carbocycles. The predicted octanol–water partition coefficient (Wildman–Crippen LogP) is 22.6. The van der Waals surface area contributed by atoms with Crippen molar-refractivity contribution in [2.24, 2.45) is 0 Å². The van der Waals surface area contributed by atoms with Gasteiger partial charge in [0.05, 0.1) is 0 Å². The molecule has 0 nitrogen and oxygen atoms in total. The van der Waals surface area contributed by atoms with E-state index >= 15 is 0 Å². The Morgan fingerprint density at radius 2 is 0.659 bits per heavy atom. The average Bonchev–Trinajstić information content (AvgIpc) is 2.81. The van der Waals surface area contributed by atoms with Gasteiger partial charge in [-0.25, -0.2) is 0 Å². The molecule has 0 spiro atoms. The van der Waals surface area contributed by atoms with Gasteiger partial charge in [-0.15, -0.1) is 0 Å². The van der Waals surface area contributed by atoms with Crippen molar-refractivity contribution in [3.63, 3.8) is 0 Å². The van der Waals surface area contributed by atoms with Crippen LogP contribution in [0.1, 0.15) is 0 Å². The second-order valence-electron chi connectivity index (χ2n) is 6.17. The molecular formula is H39BP38S2. The summed E-state index contributed by atoms with van der Waals surface area (Å²) in [5.74, 6) is 0. The number of hydrogen-bond acceptors (Lipinski definition) is 1. The standard InChI is InChI=1S/BH39P38S2/c2-22(3)31(20)37(33(23(4)5)24(6)7)39(36(29(16)17)30(18)19)32(21-41-1-40)38(34(25(8)9)26(10)11)35(27(12)13)28(14)15/h41H,2-20H2/i41T. The summed E-state index contributed by atoms with van der Waals surface area (Å²) in [5.41, 5.74) is 1.82. The van der Waals surface area contributed by atoms with Gasteiger partial charge in [0.25, 0.3) is 0 Å². The number of rotatable bonds is 19. The molecule has 41 heteroatoms. The third kappa shape index (κ3) is 21.7. The van der Waals surface area contributed by atoms with Crippen LogP contribution in [-0.4, -0.2) is 6.56 Å². The van der Waals surface area contributed by atoms with Gasteiger partial charge in [-0.3, -0.25) is 0 Å². The molecule has 0 radical (unpaired) electrons. The molecule has 0 aliphatic rings. The molecule has 0 aromatic rings. The van der Waals surface area contributed by atoms with Gasteiger partial charge in [-0.2, -0.15) is 0 Å². The van der Waals surface area contributed by atoms with Crippen LogP contribution < -0.4 is 0 Å². The molecule has 0 aliphatic heterocycles. The van der Waals surface area contributed by atoms with Crippen LogP contribution in [0, 0.1) is 0 Å². The fourth-order valence-corrected chi connectivity index (χ4v) is 518. The van der Waals surface area contributed by atoms with Gasteiger partial charge in [-0.05, 0) is 0 Å². The molecule has 0 saturated carbocycles. The van der Waals surface area contributed by atoms with Crippen LogP contribution in [0.15, 0.2) is 0 Å². The van der Waals surface area contributed by atoms with Gasteiger partial charge < -0.3 is 0 Å². The fourth-order valence-electron chi connectivity index (χ4n) is 2.17. The molecule has 0 bridgehead atoms. The van der Waals surface area contributed by atoms with E-state index in [4.69, 9.17) is 12.1 Å². The molecule has 0 saturated heterocycles.